The molecule has 0 spiro atoms. The molecule has 0 radical (unpaired) electrons. The summed E-state index contributed by atoms with van der Waals surface area (Å²) >= 11 is 3.11. The van der Waals surface area contributed by atoms with Crippen LogP contribution in [0.3, 0.4) is 0 Å². The molecule has 0 bridgehead atoms. The summed E-state index contributed by atoms with van der Waals surface area (Å²) in [5.41, 5.74) is 0.0694. The maximum atomic E-state index is 12.9. The highest BCUT2D eigenvalue weighted by Crippen LogP contribution is 2.20. The van der Waals surface area contributed by atoms with Crippen molar-refractivity contribution in [2.75, 3.05) is 11.9 Å². The largest absolute Gasteiger partial charge is 0.380 e. The van der Waals surface area contributed by atoms with Gasteiger partial charge in [-0.2, -0.15) is 0 Å². The molecule has 1 aromatic carbocycles. The van der Waals surface area contributed by atoms with E-state index in [1.165, 1.54) is 12.1 Å². The molecule has 1 N–H and O–H groups in total. The number of nitrogens with one attached hydrogen (secondary N) is 1. The van der Waals surface area contributed by atoms with Crippen LogP contribution in [0.2, 0.25) is 0 Å². The summed E-state index contributed by atoms with van der Waals surface area (Å²) in [6.07, 6.45) is 0. The van der Waals surface area contributed by atoms with Crippen molar-refractivity contribution in [2.24, 2.45) is 0 Å². The SMILES string of the molecule is C=C(Br)CNc1cc(F)cc([N+](=O)[O-])c1. The van der Waals surface area contributed by atoms with Gasteiger partial charge in [-0.25, -0.2) is 4.39 Å². The number of benzene rings is 1. The lowest BCUT2D eigenvalue weighted by Crippen LogP contribution is -2.01. The lowest BCUT2D eigenvalue weighted by Gasteiger charge is -2.04. The zero-order valence-electron chi connectivity index (χ0n) is 7.67. The van der Waals surface area contributed by atoms with Crippen molar-refractivity contribution in [3.05, 3.63) is 45.2 Å². The quantitative estimate of drug-likeness (QED) is 0.678. The minimum absolute atomic E-state index is 0.280. The van der Waals surface area contributed by atoms with Gasteiger partial charge in [-0.05, 0) is 6.07 Å². The summed E-state index contributed by atoms with van der Waals surface area (Å²) in [7, 11) is 0. The van der Waals surface area contributed by atoms with Crippen LogP contribution < -0.4 is 5.32 Å². The molecule has 4 nitrogen and oxygen atoms in total. The number of rotatable bonds is 4. The summed E-state index contributed by atoms with van der Waals surface area (Å²) in [6, 6.07) is 3.32. The first-order valence-electron chi connectivity index (χ1n) is 4.01. The third-order valence-electron chi connectivity index (χ3n) is 1.58. The summed E-state index contributed by atoms with van der Waals surface area (Å²) in [6.45, 7) is 3.95. The number of nitrogens with zero attached hydrogens (tertiary/aromatic N) is 1. The van der Waals surface area contributed by atoms with E-state index in [4.69, 9.17) is 0 Å². The van der Waals surface area contributed by atoms with Crippen LogP contribution in [-0.4, -0.2) is 11.5 Å². The van der Waals surface area contributed by atoms with E-state index < -0.39 is 10.7 Å². The Hall–Kier alpha value is -1.43. The molecule has 0 aliphatic heterocycles. The number of hydrogen-bond donors (Lipinski definition) is 1. The second kappa shape index (κ2) is 4.88. The van der Waals surface area contributed by atoms with Gasteiger partial charge in [0.2, 0.25) is 0 Å². The van der Waals surface area contributed by atoms with Crippen molar-refractivity contribution in [2.45, 2.75) is 0 Å². The fraction of sp³-hybridized carbons (Fsp3) is 0.111. The molecule has 80 valence electrons. The normalized spacial score (nSPS) is 9.73. The van der Waals surface area contributed by atoms with Gasteiger partial charge in [0.15, 0.2) is 0 Å². The highest BCUT2D eigenvalue weighted by Gasteiger charge is 2.09. The third-order valence-corrected chi connectivity index (χ3v) is 1.86. The van der Waals surface area contributed by atoms with Crippen molar-refractivity contribution in [3.8, 4) is 0 Å². The van der Waals surface area contributed by atoms with E-state index in [0.717, 1.165) is 6.07 Å². The Kier molecular flexibility index (Phi) is 3.79. The first kappa shape index (κ1) is 11.6. The van der Waals surface area contributed by atoms with E-state index in [1.807, 2.05) is 0 Å². The van der Waals surface area contributed by atoms with Gasteiger partial charge in [0, 0.05) is 22.8 Å². The molecule has 1 aromatic rings. The Morgan fingerprint density at radius 2 is 2.27 bits per heavy atom. The Bertz CT molecular complexity index is 409. The van der Waals surface area contributed by atoms with Crippen molar-refractivity contribution >= 4 is 27.3 Å². The molecule has 0 aliphatic rings. The topological polar surface area (TPSA) is 55.2 Å². The van der Waals surface area contributed by atoms with Gasteiger partial charge in [-0.15, -0.1) is 0 Å². The molecule has 0 atom stereocenters. The number of nitro benzene ring substituents is 1. The Labute approximate surface area is 94.1 Å². The first-order chi connectivity index (χ1) is 6.99. The molecular formula is C9H8BrFN2O2. The molecule has 0 saturated carbocycles. The zero-order valence-corrected chi connectivity index (χ0v) is 9.25. The molecule has 6 heteroatoms. The minimum Gasteiger partial charge on any atom is -0.380 e. The van der Waals surface area contributed by atoms with Crippen LogP contribution in [0.1, 0.15) is 0 Å². The molecular weight excluding hydrogens is 267 g/mol. The average Bonchev–Trinajstić information content (AvgIpc) is 2.13. The first-order valence-corrected chi connectivity index (χ1v) is 4.80. The Morgan fingerprint density at radius 3 is 2.80 bits per heavy atom. The molecule has 0 saturated heterocycles. The van der Waals surface area contributed by atoms with E-state index in [1.54, 1.807) is 0 Å². The summed E-state index contributed by atoms with van der Waals surface area (Å²) in [5.74, 6) is -0.646. The minimum atomic E-state index is -0.646. The Balaban J connectivity index is 2.88. The molecule has 0 aromatic heterocycles. The van der Waals surface area contributed by atoms with Crippen LogP contribution in [0.5, 0.6) is 0 Å². The number of anilines is 1. The van der Waals surface area contributed by atoms with Gasteiger partial charge in [-0.3, -0.25) is 10.1 Å². The molecule has 0 heterocycles. The van der Waals surface area contributed by atoms with E-state index in [-0.39, 0.29) is 5.69 Å². The van der Waals surface area contributed by atoms with Crippen LogP contribution in [0.25, 0.3) is 0 Å². The predicted octanol–water partition coefficient (Wildman–Crippen LogP) is 3.05. The number of nitro groups is 1. The van der Waals surface area contributed by atoms with Crippen LogP contribution in [0.4, 0.5) is 15.8 Å². The van der Waals surface area contributed by atoms with Crippen LogP contribution in [0.15, 0.2) is 29.3 Å². The summed E-state index contributed by atoms with van der Waals surface area (Å²) < 4.78 is 13.6. The smallest absolute Gasteiger partial charge is 0.274 e. The number of non-ortho nitro benzene ring substituents is 1. The number of hydrogen-bond acceptors (Lipinski definition) is 3. The predicted molar refractivity (Wildman–Crippen MR) is 59.6 cm³/mol. The lowest BCUT2D eigenvalue weighted by molar-refractivity contribution is -0.385. The van der Waals surface area contributed by atoms with E-state index in [0.29, 0.717) is 16.7 Å². The van der Waals surface area contributed by atoms with E-state index in [2.05, 4.69) is 27.8 Å². The van der Waals surface area contributed by atoms with E-state index >= 15 is 0 Å². The molecule has 15 heavy (non-hydrogen) atoms. The van der Waals surface area contributed by atoms with Crippen molar-refractivity contribution < 1.29 is 9.31 Å². The third kappa shape index (κ3) is 3.67. The van der Waals surface area contributed by atoms with Gasteiger partial charge < -0.3 is 5.32 Å². The summed E-state index contributed by atoms with van der Waals surface area (Å²) in [5, 5.41) is 13.2. The fourth-order valence-corrected chi connectivity index (χ4v) is 1.12. The highest BCUT2D eigenvalue weighted by molar-refractivity contribution is 9.11. The molecule has 0 amide bonds. The molecule has 0 fully saturated rings. The molecule has 1 rings (SSSR count). The maximum Gasteiger partial charge on any atom is 0.274 e. The maximum absolute atomic E-state index is 12.9. The van der Waals surface area contributed by atoms with Crippen molar-refractivity contribution in [3.63, 3.8) is 0 Å². The summed E-state index contributed by atoms with van der Waals surface area (Å²) in [4.78, 5) is 9.79. The van der Waals surface area contributed by atoms with Crippen molar-refractivity contribution in [1.82, 2.24) is 0 Å². The van der Waals surface area contributed by atoms with Crippen LogP contribution in [-0.2, 0) is 0 Å². The van der Waals surface area contributed by atoms with Gasteiger partial charge in [0.25, 0.3) is 5.69 Å². The monoisotopic (exact) mass is 274 g/mol. The molecule has 0 aliphatic carbocycles. The Morgan fingerprint density at radius 1 is 1.60 bits per heavy atom. The van der Waals surface area contributed by atoms with E-state index in [9.17, 15) is 14.5 Å². The average molecular weight is 275 g/mol. The van der Waals surface area contributed by atoms with Gasteiger partial charge in [0.05, 0.1) is 11.0 Å². The van der Waals surface area contributed by atoms with Gasteiger partial charge in [-0.1, -0.05) is 22.5 Å². The fourth-order valence-electron chi connectivity index (χ4n) is 0.980. The molecule has 0 unspecified atom stereocenters. The van der Waals surface area contributed by atoms with Crippen molar-refractivity contribution in [1.29, 1.82) is 0 Å². The standard InChI is InChI=1S/C9H8BrFN2O2/c1-6(10)5-12-8-2-7(11)3-9(4-8)13(14)15/h2-4,12H,1,5H2. The van der Waals surface area contributed by atoms with Gasteiger partial charge >= 0.3 is 0 Å². The lowest BCUT2D eigenvalue weighted by atomic mass is 10.2. The highest BCUT2D eigenvalue weighted by atomic mass is 79.9. The second-order valence-electron chi connectivity index (χ2n) is 2.83. The zero-order chi connectivity index (χ0) is 11.4. The number of halogens is 2. The second-order valence-corrected chi connectivity index (χ2v) is 3.95. The van der Waals surface area contributed by atoms with Crippen LogP contribution >= 0.6 is 15.9 Å². The van der Waals surface area contributed by atoms with Crippen LogP contribution in [0, 0.1) is 15.9 Å². The van der Waals surface area contributed by atoms with Gasteiger partial charge in [0.1, 0.15) is 5.82 Å².